The summed E-state index contributed by atoms with van der Waals surface area (Å²) in [6, 6.07) is 0.0695. The second-order valence-corrected chi connectivity index (χ2v) is 6.25. The summed E-state index contributed by atoms with van der Waals surface area (Å²) in [5, 5.41) is -0.423. The minimum atomic E-state index is -0.490. The van der Waals surface area contributed by atoms with Gasteiger partial charge in [-0.3, -0.25) is 4.79 Å². The van der Waals surface area contributed by atoms with Gasteiger partial charge in [-0.15, -0.1) is 0 Å². The van der Waals surface area contributed by atoms with Crippen LogP contribution >= 0.6 is 11.6 Å². The van der Waals surface area contributed by atoms with Crippen LogP contribution in [0.15, 0.2) is 0 Å². The van der Waals surface area contributed by atoms with E-state index in [4.69, 9.17) is 16.3 Å². The fourth-order valence-electron chi connectivity index (χ4n) is 2.59. The maximum atomic E-state index is 12.0. The predicted octanol–water partition coefficient (Wildman–Crippen LogP) is 2.43. The third-order valence-corrected chi connectivity index (χ3v) is 3.60. The van der Waals surface area contributed by atoms with Gasteiger partial charge in [0.05, 0.1) is 12.1 Å². The summed E-state index contributed by atoms with van der Waals surface area (Å²) in [6.45, 7) is 6.59. The molecule has 0 aromatic heterocycles. The van der Waals surface area contributed by atoms with E-state index in [1.807, 2.05) is 20.8 Å². The van der Waals surface area contributed by atoms with Crippen molar-refractivity contribution in [3.8, 4) is 0 Å². The van der Waals surface area contributed by atoms with Gasteiger partial charge in [-0.1, -0.05) is 0 Å². The molecule has 0 aromatic carbocycles. The number of carbonyl (C=O) groups is 2. The molecule has 0 aliphatic carbocycles. The Labute approximate surface area is 112 Å². The molecule has 3 heterocycles. The van der Waals surface area contributed by atoms with Crippen LogP contribution in [-0.2, 0) is 4.74 Å². The number of nitrogens with zero attached hydrogens (tertiary/aromatic N) is 2. The Morgan fingerprint density at radius 2 is 1.61 bits per heavy atom. The number of carbonyl (C=O) groups excluding carboxylic acids is 2. The van der Waals surface area contributed by atoms with Gasteiger partial charge in [-0.05, 0) is 45.2 Å². The highest BCUT2D eigenvalue weighted by molar-refractivity contribution is 6.62. The summed E-state index contributed by atoms with van der Waals surface area (Å²) in [4.78, 5) is 26.7. The smallest absolute Gasteiger partial charge is 0.410 e. The number of hydrogen-bond acceptors (Lipinski definition) is 3. The quantitative estimate of drug-likeness (QED) is 0.503. The second kappa shape index (κ2) is 4.61. The maximum absolute atomic E-state index is 12.0. The van der Waals surface area contributed by atoms with E-state index in [0.717, 1.165) is 12.8 Å². The summed E-state index contributed by atoms with van der Waals surface area (Å²) in [7, 11) is 0. The van der Waals surface area contributed by atoms with Crippen LogP contribution < -0.4 is 0 Å². The van der Waals surface area contributed by atoms with Gasteiger partial charge < -0.3 is 14.5 Å². The molecule has 18 heavy (non-hydrogen) atoms. The van der Waals surface area contributed by atoms with E-state index in [-0.39, 0.29) is 18.2 Å². The van der Waals surface area contributed by atoms with E-state index < -0.39 is 11.0 Å². The van der Waals surface area contributed by atoms with Crippen molar-refractivity contribution in [1.82, 2.24) is 9.80 Å². The van der Waals surface area contributed by atoms with Crippen LogP contribution in [0.2, 0.25) is 0 Å². The third kappa shape index (κ3) is 2.71. The maximum Gasteiger partial charge on any atom is 0.410 e. The number of piperazine rings is 1. The minimum Gasteiger partial charge on any atom is -0.444 e. The molecule has 0 aromatic rings. The average Bonchev–Trinajstić information content (AvgIpc) is 2.27. The molecule has 2 bridgehead atoms. The van der Waals surface area contributed by atoms with Gasteiger partial charge in [0.25, 0.3) is 0 Å². The van der Waals surface area contributed by atoms with Crippen molar-refractivity contribution in [3.63, 3.8) is 0 Å². The second-order valence-electron chi connectivity index (χ2n) is 5.92. The van der Waals surface area contributed by atoms with E-state index in [2.05, 4.69) is 0 Å². The molecule has 3 aliphatic heterocycles. The highest BCUT2D eigenvalue weighted by Gasteiger charge is 2.43. The molecular weight excluding hydrogens is 256 g/mol. The molecule has 3 aliphatic rings. The lowest BCUT2D eigenvalue weighted by Gasteiger charge is -2.50. The zero-order valence-electron chi connectivity index (χ0n) is 11.0. The zero-order valence-corrected chi connectivity index (χ0v) is 11.7. The third-order valence-electron chi connectivity index (χ3n) is 3.38. The van der Waals surface area contributed by atoms with E-state index in [1.54, 1.807) is 9.80 Å². The van der Waals surface area contributed by atoms with Crippen LogP contribution in [0.1, 0.15) is 33.6 Å². The number of piperidine rings is 2. The van der Waals surface area contributed by atoms with Gasteiger partial charge in [0.2, 0.25) is 0 Å². The highest BCUT2D eigenvalue weighted by atomic mass is 35.5. The highest BCUT2D eigenvalue weighted by Crippen LogP contribution is 2.30. The van der Waals surface area contributed by atoms with Crippen molar-refractivity contribution in [2.24, 2.45) is 0 Å². The molecule has 3 rings (SSSR count). The van der Waals surface area contributed by atoms with Gasteiger partial charge in [-0.2, -0.15) is 0 Å². The molecule has 3 fully saturated rings. The number of fused-ring (bicyclic) bond motifs is 3. The number of rotatable bonds is 0. The van der Waals surface area contributed by atoms with Crippen molar-refractivity contribution >= 4 is 23.1 Å². The summed E-state index contributed by atoms with van der Waals surface area (Å²) < 4.78 is 5.38. The number of ether oxygens (including phenoxy) is 1. The summed E-state index contributed by atoms with van der Waals surface area (Å²) in [6.07, 6.45) is 1.52. The molecule has 6 heteroatoms. The lowest BCUT2D eigenvalue weighted by Crippen LogP contribution is -2.64. The van der Waals surface area contributed by atoms with Crippen LogP contribution in [0, 0.1) is 0 Å². The van der Waals surface area contributed by atoms with Crippen molar-refractivity contribution in [2.75, 3.05) is 13.1 Å². The fourth-order valence-corrected chi connectivity index (χ4v) is 2.79. The molecule has 0 radical (unpaired) electrons. The Balaban J connectivity index is 2.02. The molecule has 2 amide bonds. The number of halogens is 1. The van der Waals surface area contributed by atoms with Gasteiger partial charge in [0.1, 0.15) is 5.60 Å². The van der Waals surface area contributed by atoms with Crippen molar-refractivity contribution in [2.45, 2.75) is 51.3 Å². The van der Waals surface area contributed by atoms with E-state index in [9.17, 15) is 9.59 Å². The Morgan fingerprint density at radius 3 is 2.00 bits per heavy atom. The standard InChI is InChI=1S/C12H19ClN2O3/c1-12(2,3)18-11(17)15-7-8-4-5-9(15)6-14(8)10(13)16/h8-9H,4-7H2,1-3H3. The summed E-state index contributed by atoms with van der Waals surface area (Å²) in [5.74, 6) is 0. The van der Waals surface area contributed by atoms with Crippen LogP contribution in [0.4, 0.5) is 9.59 Å². The summed E-state index contributed by atoms with van der Waals surface area (Å²) in [5.41, 5.74) is -0.490. The van der Waals surface area contributed by atoms with E-state index in [0.29, 0.717) is 13.1 Å². The monoisotopic (exact) mass is 274 g/mol. The minimum absolute atomic E-state index is 0.0347. The Hall–Kier alpha value is -0.970. The lowest BCUT2D eigenvalue weighted by atomic mass is 9.92. The molecule has 2 unspecified atom stereocenters. The molecule has 5 nitrogen and oxygen atoms in total. The van der Waals surface area contributed by atoms with Gasteiger partial charge in [-0.25, -0.2) is 4.79 Å². The van der Waals surface area contributed by atoms with Crippen molar-refractivity contribution < 1.29 is 14.3 Å². The van der Waals surface area contributed by atoms with Gasteiger partial charge in [0, 0.05) is 13.1 Å². The average molecular weight is 275 g/mol. The first kappa shape index (κ1) is 13.5. The molecular formula is C12H19ClN2O3. The zero-order chi connectivity index (χ0) is 13.5. The van der Waals surface area contributed by atoms with Crippen LogP contribution in [-0.4, -0.2) is 52.0 Å². The lowest BCUT2D eigenvalue weighted by molar-refractivity contribution is -0.0266. The van der Waals surface area contributed by atoms with Crippen molar-refractivity contribution in [3.05, 3.63) is 0 Å². The number of amides is 2. The van der Waals surface area contributed by atoms with Gasteiger partial charge >= 0.3 is 11.5 Å². The van der Waals surface area contributed by atoms with E-state index in [1.165, 1.54) is 0 Å². The first-order chi connectivity index (χ1) is 8.28. The molecule has 0 saturated carbocycles. The largest absolute Gasteiger partial charge is 0.444 e. The first-order valence-corrected chi connectivity index (χ1v) is 6.61. The van der Waals surface area contributed by atoms with Crippen molar-refractivity contribution in [1.29, 1.82) is 0 Å². The SMILES string of the molecule is CC(C)(C)OC(=O)N1CC2CCC1CN2C(=O)Cl. The van der Waals surface area contributed by atoms with Crippen LogP contribution in [0.25, 0.3) is 0 Å². The molecule has 2 atom stereocenters. The Kier molecular flexibility index (Phi) is 3.45. The topological polar surface area (TPSA) is 49.9 Å². The van der Waals surface area contributed by atoms with Gasteiger partial charge in [0.15, 0.2) is 0 Å². The Morgan fingerprint density at radius 1 is 1.11 bits per heavy atom. The molecule has 3 saturated heterocycles. The fraction of sp³-hybridized carbons (Fsp3) is 0.833. The van der Waals surface area contributed by atoms with E-state index >= 15 is 0 Å². The predicted molar refractivity (Wildman–Crippen MR) is 67.7 cm³/mol. The van der Waals surface area contributed by atoms with Crippen LogP contribution in [0.5, 0.6) is 0 Å². The normalized spacial score (nSPS) is 27.3. The molecule has 102 valence electrons. The first-order valence-electron chi connectivity index (χ1n) is 6.23. The molecule has 0 spiro atoms. The van der Waals surface area contributed by atoms with Crippen LogP contribution in [0.3, 0.4) is 0 Å². The number of hydrogen-bond donors (Lipinski definition) is 0. The Bertz CT molecular complexity index is 367. The summed E-state index contributed by atoms with van der Waals surface area (Å²) >= 11 is 5.54. The molecule has 0 N–H and O–H groups in total.